The third-order valence-corrected chi connectivity index (χ3v) is 2.74. The number of rotatable bonds is 3. The summed E-state index contributed by atoms with van der Waals surface area (Å²) >= 11 is 0. The molecule has 1 fully saturated rings. The highest BCUT2D eigenvalue weighted by atomic mass is 16.6. The van der Waals surface area contributed by atoms with E-state index in [4.69, 9.17) is 9.47 Å². The van der Waals surface area contributed by atoms with Crippen molar-refractivity contribution in [1.29, 1.82) is 0 Å². The number of alkyl carbamates (subject to hydrolysis) is 1. The summed E-state index contributed by atoms with van der Waals surface area (Å²) in [6, 6.07) is 7.95. The number of hydrogen-bond donors (Lipinski definition) is 1. The first-order valence-corrected chi connectivity index (χ1v) is 6.56. The van der Waals surface area contributed by atoms with Crippen LogP contribution in [0, 0.1) is 6.92 Å². The van der Waals surface area contributed by atoms with Gasteiger partial charge in [0.15, 0.2) is 0 Å². The van der Waals surface area contributed by atoms with Crippen molar-refractivity contribution in [2.45, 2.75) is 51.9 Å². The second-order valence-corrected chi connectivity index (χ2v) is 5.96. The molecular formula is C15H21NO3. The van der Waals surface area contributed by atoms with E-state index < -0.39 is 5.60 Å². The number of ether oxygens (including phenoxy) is 2. The fourth-order valence-electron chi connectivity index (χ4n) is 1.70. The van der Waals surface area contributed by atoms with E-state index in [0.29, 0.717) is 0 Å². The van der Waals surface area contributed by atoms with Crippen molar-refractivity contribution in [1.82, 2.24) is 5.32 Å². The quantitative estimate of drug-likeness (QED) is 0.911. The minimum Gasteiger partial charge on any atom is -0.488 e. The number of hydrogen-bond acceptors (Lipinski definition) is 3. The van der Waals surface area contributed by atoms with Gasteiger partial charge in [0, 0.05) is 6.42 Å². The maximum absolute atomic E-state index is 11.6. The number of amides is 1. The first-order chi connectivity index (χ1) is 8.83. The van der Waals surface area contributed by atoms with Crippen LogP contribution in [0.1, 0.15) is 32.8 Å². The molecule has 0 bridgehead atoms. The molecule has 1 aliphatic rings. The van der Waals surface area contributed by atoms with Crippen LogP contribution in [0.15, 0.2) is 24.3 Å². The SMILES string of the molecule is Cc1ccc(OC2CC2NC(=O)OC(C)(C)C)cc1. The molecule has 2 atom stereocenters. The van der Waals surface area contributed by atoms with E-state index in [0.717, 1.165) is 12.2 Å². The fourth-order valence-corrected chi connectivity index (χ4v) is 1.70. The molecule has 0 heterocycles. The zero-order valence-electron chi connectivity index (χ0n) is 11.9. The number of benzene rings is 1. The number of aryl methyl sites for hydroxylation is 1. The lowest BCUT2D eigenvalue weighted by atomic mass is 10.2. The van der Waals surface area contributed by atoms with Gasteiger partial charge in [0.1, 0.15) is 17.5 Å². The Morgan fingerprint density at radius 2 is 1.89 bits per heavy atom. The van der Waals surface area contributed by atoms with Crippen molar-refractivity contribution < 1.29 is 14.3 Å². The monoisotopic (exact) mass is 263 g/mol. The van der Waals surface area contributed by atoms with Crippen molar-refractivity contribution in [3.63, 3.8) is 0 Å². The van der Waals surface area contributed by atoms with Crippen LogP contribution in [-0.2, 0) is 4.74 Å². The van der Waals surface area contributed by atoms with Crippen molar-refractivity contribution >= 4 is 6.09 Å². The highest BCUT2D eigenvalue weighted by molar-refractivity contribution is 5.68. The Kier molecular flexibility index (Phi) is 3.69. The van der Waals surface area contributed by atoms with Gasteiger partial charge in [-0.3, -0.25) is 0 Å². The van der Waals surface area contributed by atoms with Gasteiger partial charge in [0.25, 0.3) is 0 Å². The Morgan fingerprint density at radius 3 is 2.47 bits per heavy atom. The second-order valence-electron chi connectivity index (χ2n) is 5.96. The molecule has 2 unspecified atom stereocenters. The van der Waals surface area contributed by atoms with Gasteiger partial charge in [0.2, 0.25) is 0 Å². The van der Waals surface area contributed by atoms with Crippen LogP contribution in [0.4, 0.5) is 4.79 Å². The molecule has 2 rings (SSSR count). The molecule has 1 N–H and O–H groups in total. The molecule has 4 nitrogen and oxygen atoms in total. The van der Waals surface area contributed by atoms with E-state index in [1.165, 1.54) is 5.56 Å². The van der Waals surface area contributed by atoms with E-state index in [2.05, 4.69) is 5.32 Å². The maximum Gasteiger partial charge on any atom is 0.408 e. The summed E-state index contributed by atoms with van der Waals surface area (Å²) in [5, 5.41) is 2.81. The average Bonchev–Trinajstić information content (AvgIpc) is 2.97. The summed E-state index contributed by atoms with van der Waals surface area (Å²) in [7, 11) is 0. The lowest BCUT2D eigenvalue weighted by molar-refractivity contribution is 0.0516. The Morgan fingerprint density at radius 1 is 1.26 bits per heavy atom. The van der Waals surface area contributed by atoms with Crippen LogP contribution in [-0.4, -0.2) is 23.8 Å². The molecule has 1 amide bonds. The van der Waals surface area contributed by atoms with Crippen LogP contribution >= 0.6 is 0 Å². The van der Waals surface area contributed by atoms with Crippen LogP contribution in [0.5, 0.6) is 5.75 Å². The first-order valence-electron chi connectivity index (χ1n) is 6.56. The Balaban J connectivity index is 1.76. The highest BCUT2D eigenvalue weighted by Crippen LogP contribution is 2.28. The van der Waals surface area contributed by atoms with Crippen molar-refractivity contribution in [3.8, 4) is 5.75 Å². The Hall–Kier alpha value is -1.71. The Labute approximate surface area is 114 Å². The molecule has 1 saturated carbocycles. The van der Waals surface area contributed by atoms with Gasteiger partial charge in [-0.05, 0) is 39.8 Å². The van der Waals surface area contributed by atoms with Crippen LogP contribution in [0.3, 0.4) is 0 Å². The molecule has 0 aromatic heterocycles. The zero-order valence-corrected chi connectivity index (χ0v) is 11.9. The summed E-state index contributed by atoms with van der Waals surface area (Å²) in [6.45, 7) is 7.58. The molecule has 4 heteroatoms. The number of carbonyl (C=O) groups is 1. The molecule has 19 heavy (non-hydrogen) atoms. The fraction of sp³-hybridized carbons (Fsp3) is 0.533. The third kappa shape index (κ3) is 4.47. The molecule has 0 saturated heterocycles. The summed E-state index contributed by atoms with van der Waals surface area (Å²) in [5.74, 6) is 0.837. The second kappa shape index (κ2) is 5.11. The molecule has 0 radical (unpaired) electrons. The van der Waals surface area contributed by atoms with Gasteiger partial charge in [0.05, 0.1) is 6.04 Å². The number of nitrogens with one attached hydrogen (secondary N) is 1. The first kappa shape index (κ1) is 13.7. The van der Waals surface area contributed by atoms with Gasteiger partial charge in [-0.1, -0.05) is 17.7 Å². The average molecular weight is 263 g/mol. The summed E-state index contributed by atoms with van der Waals surface area (Å²) in [4.78, 5) is 11.6. The standard InChI is InChI=1S/C15H21NO3/c1-10-5-7-11(8-6-10)18-13-9-12(13)16-14(17)19-15(2,3)4/h5-8,12-13H,9H2,1-4H3,(H,16,17). The van der Waals surface area contributed by atoms with Crippen LogP contribution in [0.2, 0.25) is 0 Å². The largest absolute Gasteiger partial charge is 0.488 e. The normalized spacial score (nSPS) is 21.7. The molecule has 0 aliphatic heterocycles. The zero-order chi connectivity index (χ0) is 14.0. The molecule has 1 aliphatic carbocycles. The molecule has 1 aromatic carbocycles. The van der Waals surface area contributed by atoms with E-state index in [-0.39, 0.29) is 18.2 Å². The lowest BCUT2D eigenvalue weighted by Gasteiger charge is -2.19. The van der Waals surface area contributed by atoms with Gasteiger partial charge in [-0.15, -0.1) is 0 Å². The predicted molar refractivity (Wildman–Crippen MR) is 73.4 cm³/mol. The van der Waals surface area contributed by atoms with Crippen LogP contribution in [0.25, 0.3) is 0 Å². The summed E-state index contributed by atoms with van der Waals surface area (Å²) < 4.78 is 11.0. The Bertz CT molecular complexity index is 447. The summed E-state index contributed by atoms with van der Waals surface area (Å²) in [6.07, 6.45) is 0.496. The van der Waals surface area contributed by atoms with E-state index in [9.17, 15) is 4.79 Å². The maximum atomic E-state index is 11.6. The molecule has 104 valence electrons. The van der Waals surface area contributed by atoms with Gasteiger partial charge in [-0.2, -0.15) is 0 Å². The van der Waals surface area contributed by atoms with Gasteiger partial charge >= 0.3 is 6.09 Å². The van der Waals surface area contributed by atoms with Crippen molar-refractivity contribution in [2.75, 3.05) is 0 Å². The smallest absolute Gasteiger partial charge is 0.408 e. The van der Waals surface area contributed by atoms with Crippen molar-refractivity contribution in [3.05, 3.63) is 29.8 Å². The van der Waals surface area contributed by atoms with Gasteiger partial charge in [-0.25, -0.2) is 4.79 Å². The van der Waals surface area contributed by atoms with Crippen LogP contribution < -0.4 is 10.1 Å². The minimum atomic E-state index is -0.466. The van der Waals surface area contributed by atoms with E-state index in [1.54, 1.807) is 0 Å². The van der Waals surface area contributed by atoms with Gasteiger partial charge < -0.3 is 14.8 Å². The van der Waals surface area contributed by atoms with E-state index in [1.807, 2.05) is 52.0 Å². The number of carbonyl (C=O) groups excluding carboxylic acids is 1. The highest BCUT2D eigenvalue weighted by Gasteiger charge is 2.41. The van der Waals surface area contributed by atoms with E-state index >= 15 is 0 Å². The minimum absolute atomic E-state index is 0.0511. The molecular weight excluding hydrogens is 242 g/mol. The molecule has 1 aromatic rings. The molecule has 0 spiro atoms. The lowest BCUT2D eigenvalue weighted by Crippen LogP contribution is -2.35. The third-order valence-electron chi connectivity index (χ3n) is 2.74. The van der Waals surface area contributed by atoms with Crippen molar-refractivity contribution in [2.24, 2.45) is 0 Å². The summed E-state index contributed by atoms with van der Waals surface area (Å²) in [5.41, 5.74) is 0.735. The topological polar surface area (TPSA) is 47.6 Å². The predicted octanol–water partition coefficient (Wildman–Crippen LogP) is 3.04.